The second kappa shape index (κ2) is 13.8. The lowest BCUT2D eigenvalue weighted by Gasteiger charge is -2.34. The summed E-state index contributed by atoms with van der Waals surface area (Å²) in [5.41, 5.74) is 2.92. The van der Waals surface area contributed by atoms with Crippen LogP contribution in [0.4, 0.5) is 5.13 Å². The zero-order chi connectivity index (χ0) is 26.0. The first-order valence-corrected chi connectivity index (χ1v) is 14.9. The Labute approximate surface area is 232 Å². The number of unbranched alkanes of at least 4 members (excludes halogenated alkanes) is 2. The summed E-state index contributed by atoms with van der Waals surface area (Å²) >= 11 is 4.78. The number of nitrogens with one attached hydrogen (secondary N) is 1. The van der Waals surface area contributed by atoms with Crippen LogP contribution < -0.4 is 5.32 Å². The van der Waals surface area contributed by atoms with Gasteiger partial charge in [0.1, 0.15) is 5.01 Å². The summed E-state index contributed by atoms with van der Waals surface area (Å²) in [5, 5.41) is 12.4. The van der Waals surface area contributed by atoms with Gasteiger partial charge >= 0.3 is 0 Å². The molecule has 1 aliphatic carbocycles. The van der Waals surface area contributed by atoms with Gasteiger partial charge in [0.05, 0.1) is 0 Å². The topological polar surface area (TPSA) is 75.2 Å². The summed E-state index contributed by atoms with van der Waals surface area (Å²) in [4.78, 5) is 28.3. The largest absolute Gasteiger partial charge is 0.335 e. The summed E-state index contributed by atoms with van der Waals surface area (Å²) in [6.07, 6.45) is 10.3. The molecule has 0 atom stereocenters. The van der Waals surface area contributed by atoms with Crippen molar-refractivity contribution in [1.82, 2.24) is 15.1 Å². The predicted molar refractivity (Wildman–Crippen MR) is 154 cm³/mol. The number of carbonyl (C=O) groups is 2. The first-order valence-electron chi connectivity index (χ1n) is 13.3. The van der Waals surface area contributed by atoms with Gasteiger partial charge in [0.25, 0.3) is 5.91 Å². The summed E-state index contributed by atoms with van der Waals surface area (Å²) in [6.45, 7) is 2.60. The number of amides is 2. The van der Waals surface area contributed by atoms with E-state index in [0.29, 0.717) is 17.2 Å². The highest BCUT2D eigenvalue weighted by Crippen LogP contribution is 2.28. The van der Waals surface area contributed by atoms with Crippen molar-refractivity contribution in [1.29, 1.82) is 0 Å². The molecule has 196 valence electrons. The van der Waals surface area contributed by atoms with Gasteiger partial charge in [-0.2, -0.15) is 0 Å². The quantitative estimate of drug-likeness (QED) is 0.237. The third kappa shape index (κ3) is 7.95. The molecule has 0 saturated heterocycles. The minimum atomic E-state index is -0.154. The van der Waals surface area contributed by atoms with Crippen LogP contribution in [0, 0.1) is 0 Å². The summed E-state index contributed by atoms with van der Waals surface area (Å²) in [5.74, 6) is -0.133. The molecule has 0 radical (unpaired) electrons. The van der Waals surface area contributed by atoms with Crippen molar-refractivity contribution in [2.24, 2.45) is 0 Å². The van der Waals surface area contributed by atoms with Gasteiger partial charge in [-0.1, -0.05) is 90.6 Å². The predicted octanol–water partition coefficient (Wildman–Crippen LogP) is 7.50. The van der Waals surface area contributed by atoms with Crippen molar-refractivity contribution in [3.05, 3.63) is 64.1 Å². The third-order valence-electron chi connectivity index (χ3n) is 6.89. The Morgan fingerprint density at radius 2 is 1.73 bits per heavy atom. The van der Waals surface area contributed by atoms with Crippen LogP contribution in [0.15, 0.2) is 53.0 Å². The van der Waals surface area contributed by atoms with Crippen LogP contribution in [0.2, 0.25) is 0 Å². The molecule has 4 rings (SSSR count). The van der Waals surface area contributed by atoms with Gasteiger partial charge in [-0.05, 0) is 55.5 Å². The number of rotatable bonds is 11. The molecule has 2 amide bonds. The van der Waals surface area contributed by atoms with Gasteiger partial charge in [0, 0.05) is 34.6 Å². The minimum absolute atomic E-state index is 0.0215. The standard InChI is InChI=1S/C29H35BrN4O2S/c1-2-3-5-8-21-11-13-23(14-12-21)28(36)34(25-9-6-4-7-10-25)20-19-26(35)31-29-33-32-27(37-29)22-15-17-24(30)18-16-22/h11-18,25H,2-10,19-20H2,1H3,(H,31,33,35). The highest BCUT2D eigenvalue weighted by atomic mass is 79.9. The molecule has 1 aliphatic rings. The van der Waals surface area contributed by atoms with Crippen molar-refractivity contribution in [2.45, 2.75) is 77.2 Å². The lowest BCUT2D eigenvalue weighted by molar-refractivity contribution is -0.116. The molecule has 0 unspecified atom stereocenters. The molecule has 6 nitrogen and oxygen atoms in total. The minimum Gasteiger partial charge on any atom is -0.335 e. The number of aromatic nitrogens is 2. The number of carbonyl (C=O) groups excluding carboxylic acids is 2. The maximum Gasteiger partial charge on any atom is 0.254 e. The van der Waals surface area contributed by atoms with Crippen LogP contribution in [0.5, 0.6) is 0 Å². The number of halogens is 1. The molecule has 1 aromatic heterocycles. The molecule has 1 fully saturated rings. The second-order valence-corrected chi connectivity index (χ2v) is 11.6. The van der Waals surface area contributed by atoms with Crippen LogP contribution in [-0.4, -0.2) is 39.5 Å². The fourth-order valence-electron chi connectivity index (χ4n) is 4.79. The van der Waals surface area contributed by atoms with Crippen LogP contribution in [0.1, 0.15) is 80.6 Å². The maximum absolute atomic E-state index is 13.5. The number of anilines is 1. The first kappa shape index (κ1) is 27.5. The lowest BCUT2D eigenvalue weighted by Crippen LogP contribution is -2.43. The Morgan fingerprint density at radius 1 is 1.00 bits per heavy atom. The Morgan fingerprint density at radius 3 is 2.43 bits per heavy atom. The Bertz CT molecular complexity index is 1160. The molecule has 8 heteroatoms. The van der Waals surface area contributed by atoms with Crippen LogP contribution in [0.3, 0.4) is 0 Å². The van der Waals surface area contributed by atoms with Crippen molar-refractivity contribution < 1.29 is 9.59 Å². The molecule has 1 saturated carbocycles. The number of hydrogen-bond acceptors (Lipinski definition) is 5. The molecule has 37 heavy (non-hydrogen) atoms. The van der Waals surface area contributed by atoms with Crippen molar-refractivity contribution in [3.63, 3.8) is 0 Å². The van der Waals surface area contributed by atoms with E-state index in [1.165, 1.54) is 42.6 Å². The Hall–Kier alpha value is -2.58. The summed E-state index contributed by atoms with van der Waals surface area (Å²) in [7, 11) is 0. The molecule has 0 spiro atoms. The molecule has 3 aromatic rings. The fraction of sp³-hybridized carbons (Fsp3) is 0.448. The van der Waals surface area contributed by atoms with E-state index < -0.39 is 0 Å². The van der Waals surface area contributed by atoms with Crippen LogP contribution in [0.25, 0.3) is 10.6 Å². The van der Waals surface area contributed by atoms with E-state index in [9.17, 15) is 9.59 Å². The number of aryl methyl sites for hydroxylation is 1. The lowest BCUT2D eigenvalue weighted by atomic mass is 9.93. The fourth-order valence-corrected chi connectivity index (χ4v) is 5.82. The number of nitrogens with zero attached hydrogens (tertiary/aromatic N) is 3. The molecule has 0 bridgehead atoms. The normalized spacial score (nSPS) is 13.9. The van der Waals surface area contributed by atoms with E-state index in [1.807, 2.05) is 41.3 Å². The molecule has 1 heterocycles. The molecule has 2 aromatic carbocycles. The van der Waals surface area contributed by atoms with E-state index in [0.717, 1.165) is 47.1 Å². The van der Waals surface area contributed by atoms with Gasteiger partial charge in [0.2, 0.25) is 11.0 Å². The van der Waals surface area contributed by atoms with Gasteiger partial charge < -0.3 is 10.2 Å². The molecular weight excluding hydrogens is 548 g/mol. The van der Waals surface area contributed by atoms with Crippen LogP contribution >= 0.6 is 27.3 Å². The number of hydrogen-bond donors (Lipinski definition) is 1. The van der Waals surface area contributed by atoms with Gasteiger partial charge in [0.15, 0.2) is 0 Å². The van der Waals surface area contributed by atoms with E-state index in [2.05, 4.69) is 50.5 Å². The van der Waals surface area contributed by atoms with Crippen LogP contribution in [-0.2, 0) is 11.2 Å². The highest BCUT2D eigenvalue weighted by molar-refractivity contribution is 9.10. The van der Waals surface area contributed by atoms with E-state index in [1.54, 1.807) is 0 Å². The Balaban J connectivity index is 1.37. The third-order valence-corrected chi connectivity index (χ3v) is 8.30. The highest BCUT2D eigenvalue weighted by Gasteiger charge is 2.27. The molecule has 1 N–H and O–H groups in total. The van der Waals surface area contributed by atoms with E-state index >= 15 is 0 Å². The summed E-state index contributed by atoms with van der Waals surface area (Å²) in [6, 6.07) is 16.1. The van der Waals surface area contributed by atoms with Crippen molar-refractivity contribution >= 4 is 44.2 Å². The molecule has 0 aliphatic heterocycles. The van der Waals surface area contributed by atoms with Gasteiger partial charge in [-0.15, -0.1) is 10.2 Å². The van der Waals surface area contributed by atoms with Gasteiger partial charge in [-0.3, -0.25) is 9.59 Å². The maximum atomic E-state index is 13.5. The van der Waals surface area contributed by atoms with Crippen molar-refractivity contribution in [3.8, 4) is 10.6 Å². The van der Waals surface area contributed by atoms with Gasteiger partial charge in [-0.25, -0.2) is 0 Å². The van der Waals surface area contributed by atoms with E-state index in [4.69, 9.17) is 0 Å². The van der Waals surface area contributed by atoms with Crippen molar-refractivity contribution in [2.75, 3.05) is 11.9 Å². The summed E-state index contributed by atoms with van der Waals surface area (Å²) < 4.78 is 0.995. The Kier molecular flexibility index (Phi) is 10.3. The average molecular weight is 584 g/mol. The zero-order valence-corrected chi connectivity index (χ0v) is 23.8. The SMILES string of the molecule is CCCCCc1ccc(C(=O)N(CCC(=O)Nc2nnc(-c3ccc(Br)cc3)s2)C2CCCCC2)cc1. The second-order valence-electron chi connectivity index (χ2n) is 9.66. The smallest absolute Gasteiger partial charge is 0.254 e. The monoisotopic (exact) mass is 582 g/mol. The van der Waals surface area contributed by atoms with E-state index in [-0.39, 0.29) is 24.3 Å². The zero-order valence-electron chi connectivity index (χ0n) is 21.4. The number of benzene rings is 2. The molecular formula is C29H35BrN4O2S. The first-order chi connectivity index (χ1) is 18.0. The average Bonchev–Trinajstić information content (AvgIpc) is 3.38.